The number of nitrogens with zero attached hydrogens (tertiary/aromatic N) is 3. The molecule has 4 nitrogen and oxygen atoms in total. The van der Waals surface area contributed by atoms with E-state index < -0.39 is 0 Å². The van der Waals surface area contributed by atoms with E-state index in [1.54, 1.807) is 6.33 Å². The van der Waals surface area contributed by atoms with E-state index in [0.29, 0.717) is 11.3 Å². The summed E-state index contributed by atoms with van der Waals surface area (Å²) in [6, 6.07) is 7.55. The summed E-state index contributed by atoms with van der Waals surface area (Å²) in [6.45, 7) is 2.00. The molecule has 0 spiro atoms. The van der Waals surface area contributed by atoms with Crippen molar-refractivity contribution in [1.82, 2.24) is 14.8 Å². The molecule has 0 aliphatic rings. The van der Waals surface area contributed by atoms with Crippen molar-refractivity contribution in [3.05, 3.63) is 52.3 Å². The molecule has 0 amide bonds. The number of carbonyl (C=O) groups is 1. The fourth-order valence-electron chi connectivity index (χ4n) is 1.73. The molecule has 0 N–H and O–H groups in total. The Morgan fingerprint density at radius 1 is 1.15 bits per heavy atom. The van der Waals surface area contributed by atoms with Crippen LogP contribution in [0, 0.1) is 6.92 Å². The Labute approximate surface area is 126 Å². The van der Waals surface area contributed by atoms with Gasteiger partial charge in [0, 0.05) is 5.56 Å². The first-order valence-corrected chi connectivity index (χ1v) is 8.41. The second kappa shape index (κ2) is 6.76. The van der Waals surface area contributed by atoms with E-state index >= 15 is 0 Å². The maximum absolute atomic E-state index is 12.7. The number of hydrogen-bond donors (Lipinski definition) is 0. The van der Waals surface area contributed by atoms with Crippen LogP contribution in [0.1, 0.15) is 15.9 Å². The van der Waals surface area contributed by atoms with E-state index in [1.807, 2.05) is 43.7 Å². The number of carbonyl (C=O) groups excluding carboxylic acids is 1. The van der Waals surface area contributed by atoms with Crippen LogP contribution < -0.4 is 0 Å². The lowest BCUT2D eigenvalue weighted by atomic mass is 10.1. The average molecular weight is 305 g/mol. The summed E-state index contributed by atoms with van der Waals surface area (Å²) in [5.74, 6) is -0.0470. The Morgan fingerprint density at radius 3 is 2.30 bits per heavy atom. The first-order valence-electron chi connectivity index (χ1n) is 5.96. The zero-order valence-electron chi connectivity index (χ0n) is 11.5. The summed E-state index contributed by atoms with van der Waals surface area (Å²) >= 11 is 3.07. The molecule has 6 heteroatoms. The maximum Gasteiger partial charge on any atom is 0.213 e. The number of ketones is 1. The number of rotatable bonds is 5. The third-order valence-corrected chi connectivity index (χ3v) is 4.87. The van der Waals surface area contributed by atoms with Gasteiger partial charge in [0.05, 0.1) is 4.24 Å². The molecule has 1 aromatic heterocycles. The molecule has 1 heterocycles. The van der Waals surface area contributed by atoms with Gasteiger partial charge in [-0.1, -0.05) is 29.8 Å². The quantitative estimate of drug-likeness (QED) is 0.626. The fraction of sp³-hybridized carbons (Fsp3) is 0.214. The third-order valence-electron chi connectivity index (χ3n) is 2.74. The Hall–Kier alpha value is -1.53. The largest absolute Gasteiger partial charge is 0.287 e. The van der Waals surface area contributed by atoms with Crippen LogP contribution in [0.4, 0.5) is 0 Å². The van der Waals surface area contributed by atoms with Gasteiger partial charge in [-0.3, -0.25) is 4.79 Å². The summed E-state index contributed by atoms with van der Waals surface area (Å²) in [5.41, 5.74) is 2.33. The van der Waals surface area contributed by atoms with Gasteiger partial charge in [0.1, 0.15) is 18.4 Å². The third kappa shape index (κ3) is 3.13. The Bertz CT molecular complexity index is 612. The van der Waals surface area contributed by atoms with Crippen molar-refractivity contribution < 1.29 is 4.79 Å². The molecule has 104 valence electrons. The van der Waals surface area contributed by atoms with E-state index in [4.69, 9.17) is 0 Å². The Balaban J connectivity index is 2.50. The smallest absolute Gasteiger partial charge is 0.213 e. The van der Waals surface area contributed by atoms with Gasteiger partial charge < -0.3 is 0 Å². The molecular formula is C14H15N3OS2. The van der Waals surface area contributed by atoms with Crippen LogP contribution in [0.2, 0.25) is 0 Å². The normalized spacial score (nSPS) is 10.3. The SMILES string of the molecule is CSC(SC)=C(C(=O)c1ccc(C)cc1)n1cncn1. The molecule has 0 aliphatic carbocycles. The lowest BCUT2D eigenvalue weighted by Crippen LogP contribution is -2.11. The predicted molar refractivity (Wildman–Crippen MR) is 85.8 cm³/mol. The molecule has 0 fully saturated rings. The Morgan fingerprint density at radius 2 is 1.80 bits per heavy atom. The lowest BCUT2D eigenvalue weighted by molar-refractivity contribution is 0.105. The van der Waals surface area contributed by atoms with Crippen molar-refractivity contribution in [2.75, 3.05) is 12.5 Å². The monoisotopic (exact) mass is 305 g/mol. The molecule has 0 saturated carbocycles. The zero-order chi connectivity index (χ0) is 14.5. The number of aryl methyl sites for hydroxylation is 1. The first-order chi connectivity index (χ1) is 9.67. The van der Waals surface area contributed by atoms with E-state index in [9.17, 15) is 4.79 Å². The molecule has 0 aliphatic heterocycles. The van der Waals surface area contributed by atoms with Crippen LogP contribution in [-0.2, 0) is 0 Å². The number of allylic oxidation sites excluding steroid dienone is 1. The standard InChI is InChI=1S/C14H15N3OS2/c1-10-4-6-11(7-5-10)13(18)12(14(19-2)20-3)17-9-15-8-16-17/h4-9H,1-3H3. The Kier molecular flexibility index (Phi) is 5.03. The fourth-order valence-corrected chi connectivity index (χ4v) is 3.16. The van der Waals surface area contributed by atoms with Gasteiger partial charge in [-0.15, -0.1) is 23.5 Å². The van der Waals surface area contributed by atoms with Gasteiger partial charge in [0.15, 0.2) is 0 Å². The van der Waals surface area contributed by atoms with Crippen LogP contribution in [-0.4, -0.2) is 33.1 Å². The lowest BCUT2D eigenvalue weighted by Gasteiger charge is -2.11. The second-order valence-electron chi connectivity index (χ2n) is 4.08. The molecule has 0 atom stereocenters. The molecular weight excluding hydrogens is 290 g/mol. The molecule has 1 aromatic carbocycles. The van der Waals surface area contributed by atoms with E-state index in [-0.39, 0.29) is 5.78 Å². The number of hydrogen-bond acceptors (Lipinski definition) is 5. The predicted octanol–water partition coefficient (Wildman–Crippen LogP) is 3.32. The molecule has 2 rings (SSSR count). The van der Waals surface area contributed by atoms with Crippen molar-refractivity contribution in [3.63, 3.8) is 0 Å². The van der Waals surface area contributed by atoms with Crippen molar-refractivity contribution in [2.24, 2.45) is 0 Å². The van der Waals surface area contributed by atoms with Crippen LogP contribution >= 0.6 is 23.5 Å². The van der Waals surface area contributed by atoms with E-state index in [0.717, 1.165) is 9.80 Å². The number of Topliss-reactive ketones (excluding diaryl/α,β-unsaturated/α-hetero) is 1. The zero-order valence-corrected chi connectivity index (χ0v) is 13.2. The maximum atomic E-state index is 12.7. The topological polar surface area (TPSA) is 47.8 Å². The highest BCUT2D eigenvalue weighted by Crippen LogP contribution is 2.31. The number of aromatic nitrogens is 3. The number of benzene rings is 1. The molecule has 0 saturated heterocycles. The van der Waals surface area contributed by atoms with E-state index in [1.165, 1.54) is 34.5 Å². The first kappa shape index (κ1) is 14.9. The van der Waals surface area contributed by atoms with Crippen molar-refractivity contribution in [3.8, 4) is 0 Å². The van der Waals surface area contributed by atoms with Gasteiger partial charge in [-0.05, 0) is 19.4 Å². The van der Waals surface area contributed by atoms with Crippen LogP contribution in [0.3, 0.4) is 0 Å². The summed E-state index contributed by atoms with van der Waals surface area (Å²) < 4.78 is 2.45. The van der Waals surface area contributed by atoms with Crippen molar-refractivity contribution >= 4 is 35.0 Å². The molecule has 2 aromatic rings. The van der Waals surface area contributed by atoms with Gasteiger partial charge in [0.2, 0.25) is 5.78 Å². The summed E-state index contributed by atoms with van der Waals surface area (Å²) in [4.78, 5) is 16.7. The highest BCUT2D eigenvalue weighted by atomic mass is 32.2. The van der Waals surface area contributed by atoms with Crippen LogP contribution in [0.15, 0.2) is 41.2 Å². The summed E-state index contributed by atoms with van der Waals surface area (Å²) in [5, 5.41) is 4.10. The second-order valence-corrected chi connectivity index (χ2v) is 5.97. The molecule has 0 unspecified atom stereocenters. The van der Waals surface area contributed by atoms with Gasteiger partial charge in [0.25, 0.3) is 0 Å². The van der Waals surface area contributed by atoms with Crippen LogP contribution in [0.5, 0.6) is 0 Å². The van der Waals surface area contributed by atoms with Gasteiger partial charge in [-0.25, -0.2) is 9.67 Å². The highest BCUT2D eigenvalue weighted by molar-refractivity contribution is 8.22. The molecule has 20 heavy (non-hydrogen) atoms. The average Bonchev–Trinajstić information content (AvgIpc) is 2.98. The summed E-state index contributed by atoms with van der Waals surface area (Å²) in [6.07, 6.45) is 6.88. The minimum absolute atomic E-state index is 0.0470. The van der Waals surface area contributed by atoms with Gasteiger partial charge >= 0.3 is 0 Å². The van der Waals surface area contributed by atoms with E-state index in [2.05, 4.69) is 10.1 Å². The minimum atomic E-state index is -0.0470. The van der Waals surface area contributed by atoms with Crippen molar-refractivity contribution in [2.45, 2.75) is 6.92 Å². The van der Waals surface area contributed by atoms with Crippen LogP contribution in [0.25, 0.3) is 5.70 Å². The van der Waals surface area contributed by atoms with Gasteiger partial charge in [-0.2, -0.15) is 5.10 Å². The molecule has 0 bridgehead atoms. The number of thioether (sulfide) groups is 2. The minimum Gasteiger partial charge on any atom is -0.287 e. The highest BCUT2D eigenvalue weighted by Gasteiger charge is 2.19. The molecule has 0 radical (unpaired) electrons. The summed E-state index contributed by atoms with van der Waals surface area (Å²) in [7, 11) is 0. The van der Waals surface area contributed by atoms with Crippen molar-refractivity contribution in [1.29, 1.82) is 0 Å².